The first-order valence-electron chi connectivity index (χ1n) is 6.14. The number of carbonyl (C=O) groups is 1. The van der Waals surface area contributed by atoms with Crippen LogP contribution in [0.3, 0.4) is 0 Å². The quantitative estimate of drug-likeness (QED) is 0.776. The van der Waals surface area contributed by atoms with Gasteiger partial charge in [-0.3, -0.25) is 4.79 Å². The van der Waals surface area contributed by atoms with Gasteiger partial charge in [-0.25, -0.2) is 0 Å². The lowest BCUT2D eigenvalue weighted by Crippen LogP contribution is -2.24. The standard InChI is InChI=1S/C14H21NO3/c1-11-3-5-12(6-4-11)13(16)7-9-15(2)10-8-14(17)18/h3-6,13,16H,7-10H2,1-2H3,(H,17,18). The molecule has 2 N–H and O–H groups in total. The summed E-state index contributed by atoms with van der Waals surface area (Å²) in [5.41, 5.74) is 2.08. The Morgan fingerprint density at radius 3 is 2.44 bits per heavy atom. The first kappa shape index (κ1) is 14.7. The fourth-order valence-electron chi connectivity index (χ4n) is 1.70. The normalized spacial score (nSPS) is 12.7. The Hall–Kier alpha value is -1.39. The summed E-state index contributed by atoms with van der Waals surface area (Å²) in [4.78, 5) is 12.3. The Kier molecular flexibility index (Phi) is 5.82. The van der Waals surface area contributed by atoms with E-state index in [0.29, 0.717) is 19.5 Å². The molecule has 100 valence electrons. The lowest BCUT2D eigenvalue weighted by Gasteiger charge is -2.18. The highest BCUT2D eigenvalue weighted by atomic mass is 16.4. The van der Waals surface area contributed by atoms with Crippen molar-refractivity contribution in [3.05, 3.63) is 35.4 Å². The van der Waals surface area contributed by atoms with E-state index in [1.165, 1.54) is 5.56 Å². The summed E-state index contributed by atoms with van der Waals surface area (Å²) < 4.78 is 0. The van der Waals surface area contributed by atoms with E-state index in [1.807, 2.05) is 43.1 Å². The van der Waals surface area contributed by atoms with Gasteiger partial charge in [0.1, 0.15) is 0 Å². The van der Waals surface area contributed by atoms with Crippen molar-refractivity contribution in [2.45, 2.75) is 25.9 Å². The van der Waals surface area contributed by atoms with Crippen LogP contribution in [0.5, 0.6) is 0 Å². The minimum absolute atomic E-state index is 0.136. The third-order valence-electron chi connectivity index (χ3n) is 2.95. The number of carboxylic acid groups (broad SMARTS) is 1. The van der Waals surface area contributed by atoms with Gasteiger partial charge in [0.2, 0.25) is 0 Å². The van der Waals surface area contributed by atoms with Gasteiger partial charge in [0.25, 0.3) is 0 Å². The highest BCUT2D eigenvalue weighted by molar-refractivity contribution is 5.66. The summed E-state index contributed by atoms with van der Waals surface area (Å²) >= 11 is 0. The van der Waals surface area contributed by atoms with Gasteiger partial charge in [-0.05, 0) is 26.0 Å². The summed E-state index contributed by atoms with van der Waals surface area (Å²) in [5.74, 6) is -0.791. The highest BCUT2D eigenvalue weighted by Gasteiger charge is 2.09. The van der Waals surface area contributed by atoms with Crippen molar-refractivity contribution < 1.29 is 15.0 Å². The molecule has 0 amide bonds. The molecule has 0 saturated carbocycles. The van der Waals surface area contributed by atoms with Gasteiger partial charge in [-0.15, -0.1) is 0 Å². The maximum Gasteiger partial charge on any atom is 0.304 e. The zero-order valence-electron chi connectivity index (χ0n) is 11.0. The number of hydrogen-bond donors (Lipinski definition) is 2. The highest BCUT2D eigenvalue weighted by Crippen LogP contribution is 2.17. The monoisotopic (exact) mass is 251 g/mol. The Morgan fingerprint density at radius 1 is 1.28 bits per heavy atom. The molecule has 1 aromatic carbocycles. The van der Waals surface area contributed by atoms with Crippen LogP contribution >= 0.6 is 0 Å². The smallest absolute Gasteiger partial charge is 0.304 e. The second-order valence-electron chi connectivity index (χ2n) is 4.66. The summed E-state index contributed by atoms with van der Waals surface area (Å²) in [6.45, 7) is 3.20. The van der Waals surface area contributed by atoms with Crippen molar-refractivity contribution in [1.82, 2.24) is 4.90 Å². The van der Waals surface area contributed by atoms with E-state index >= 15 is 0 Å². The number of rotatable bonds is 7. The lowest BCUT2D eigenvalue weighted by atomic mass is 10.0. The topological polar surface area (TPSA) is 60.8 Å². The Morgan fingerprint density at radius 2 is 1.89 bits per heavy atom. The van der Waals surface area contributed by atoms with E-state index < -0.39 is 12.1 Å². The van der Waals surface area contributed by atoms with Crippen molar-refractivity contribution in [3.63, 3.8) is 0 Å². The number of carboxylic acids is 1. The molecule has 0 radical (unpaired) electrons. The minimum Gasteiger partial charge on any atom is -0.481 e. The Bertz CT molecular complexity index is 375. The summed E-state index contributed by atoms with van der Waals surface area (Å²) in [6, 6.07) is 7.81. The van der Waals surface area contributed by atoms with Crippen molar-refractivity contribution >= 4 is 5.97 Å². The Balaban J connectivity index is 2.34. The molecule has 4 nitrogen and oxygen atoms in total. The van der Waals surface area contributed by atoms with Crippen LogP contribution in [-0.4, -0.2) is 41.2 Å². The molecule has 0 spiro atoms. The molecule has 0 aromatic heterocycles. The molecule has 0 fully saturated rings. The van der Waals surface area contributed by atoms with E-state index in [2.05, 4.69) is 0 Å². The van der Waals surface area contributed by atoms with Gasteiger partial charge in [0.05, 0.1) is 12.5 Å². The minimum atomic E-state index is -0.791. The molecule has 0 aliphatic carbocycles. The lowest BCUT2D eigenvalue weighted by molar-refractivity contribution is -0.137. The molecular weight excluding hydrogens is 230 g/mol. The largest absolute Gasteiger partial charge is 0.481 e. The van der Waals surface area contributed by atoms with Crippen LogP contribution in [0.2, 0.25) is 0 Å². The number of aryl methyl sites for hydroxylation is 1. The third kappa shape index (κ3) is 5.29. The number of aliphatic carboxylic acids is 1. The zero-order chi connectivity index (χ0) is 13.5. The molecule has 4 heteroatoms. The maximum atomic E-state index is 10.4. The third-order valence-corrected chi connectivity index (χ3v) is 2.95. The van der Waals surface area contributed by atoms with E-state index in [1.54, 1.807) is 0 Å². The van der Waals surface area contributed by atoms with Gasteiger partial charge >= 0.3 is 5.97 Å². The first-order chi connectivity index (χ1) is 8.49. The number of aliphatic hydroxyl groups excluding tert-OH is 1. The van der Waals surface area contributed by atoms with Crippen LogP contribution < -0.4 is 0 Å². The fourth-order valence-corrected chi connectivity index (χ4v) is 1.70. The molecule has 0 bridgehead atoms. The SMILES string of the molecule is Cc1ccc(C(O)CCN(C)CCC(=O)O)cc1. The average Bonchev–Trinajstić information content (AvgIpc) is 2.34. The molecule has 0 saturated heterocycles. The van der Waals surface area contributed by atoms with Gasteiger partial charge < -0.3 is 15.1 Å². The predicted octanol–water partition coefficient (Wildman–Crippen LogP) is 1.83. The van der Waals surface area contributed by atoms with Crippen LogP contribution in [0.4, 0.5) is 0 Å². The molecule has 1 unspecified atom stereocenters. The second kappa shape index (κ2) is 7.13. The maximum absolute atomic E-state index is 10.4. The van der Waals surface area contributed by atoms with Gasteiger partial charge in [-0.1, -0.05) is 29.8 Å². The van der Waals surface area contributed by atoms with Gasteiger partial charge in [0.15, 0.2) is 0 Å². The molecule has 0 aliphatic heterocycles. The first-order valence-corrected chi connectivity index (χ1v) is 6.14. The second-order valence-corrected chi connectivity index (χ2v) is 4.66. The van der Waals surface area contributed by atoms with Crippen LogP contribution in [0, 0.1) is 6.92 Å². The molecule has 1 atom stereocenters. The number of aliphatic hydroxyl groups is 1. The van der Waals surface area contributed by atoms with Crippen LogP contribution in [0.25, 0.3) is 0 Å². The summed E-state index contributed by atoms with van der Waals surface area (Å²) in [7, 11) is 1.87. The van der Waals surface area contributed by atoms with Crippen LogP contribution in [0.1, 0.15) is 30.1 Å². The van der Waals surface area contributed by atoms with Crippen LogP contribution in [-0.2, 0) is 4.79 Å². The molecule has 0 aliphatic rings. The molecule has 18 heavy (non-hydrogen) atoms. The van der Waals surface area contributed by atoms with Crippen molar-refractivity contribution in [2.75, 3.05) is 20.1 Å². The van der Waals surface area contributed by atoms with Crippen molar-refractivity contribution in [1.29, 1.82) is 0 Å². The van der Waals surface area contributed by atoms with E-state index in [0.717, 1.165) is 5.56 Å². The molecule has 1 aromatic rings. The predicted molar refractivity (Wildman–Crippen MR) is 70.5 cm³/mol. The van der Waals surface area contributed by atoms with Gasteiger partial charge in [0, 0.05) is 13.1 Å². The van der Waals surface area contributed by atoms with Crippen LogP contribution in [0.15, 0.2) is 24.3 Å². The average molecular weight is 251 g/mol. The van der Waals surface area contributed by atoms with Gasteiger partial charge in [-0.2, -0.15) is 0 Å². The number of hydrogen-bond acceptors (Lipinski definition) is 3. The molecule has 1 rings (SSSR count). The Labute approximate surface area is 108 Å². The summed E-state index contributed by atoms with van der Waals surface area (Å²) in [5, 5.41) is 18.6. The summed E-state index contributed by atoms with van der Waals surface area (Å²) in [6.07, 6.45) is 0.258. The molecular formula is C14H21NO3. The fraction of sp³-hybridized carbons (Fsp3) is 0.500. The van der Waals surface area contributed by atoms with E-state index in [9.17, 15) is 9.90 Å². The van der Waals surface area contributed by atoms with E-state index in [-0.39, 0.29) is 6.42 Å². The van der Waals surface area contributed by atoms with Crippen molar-refractivity contribution in [2.24, 2.45) is 0 Å². The zero-order valence-corrected chi connectivity index (χ0v) is 11.0. The number of benzene rings is 1. The van der Waals surface area contributed by atoms with Crippen molar-refractivity contribution in [3.8, 4) is 0 Å². The van der Waals surface area contributed by atoms with E-state index in [4.69, 9.17) is 5.11 Å². The molecule has 0 heterocycles. The number of nitrogens with zero attached hydrogens (tertiary/aromatic N) is 1.